The van der Waals surface area contributed by atoms with Gasteiger partial charge in [0.25, 0.3) is 0 Å². The SMILES string of the molecule is Cl.NC(N)=NOCC(=O)O. The van der Waals surface area contributed by atoms with E-state index >= 15 is 0 Å². The van der Waals surface area contributed by atoms with Gasteiger partial charge in [0.15, 0.2) is 0 Å². The minimum absolute atomic E-state index is 0. The van der Waals surface area contributed by atoms with Crippen LogP contribution in [0.5, 0.6) is 0 Å². The molecule has 0 aromatic rings. The van der Waals surface area contributed by atoms with E-state index in [1.807, 2.05) is 0 Å². The highest BCUT2D eigenvalue weighted by atomic mass is 35.5. The molecule has 0 spiro atoms. The normalized spacial score (nSPS) is 7.20. The standard InChI is InChI=1S/C3H7N3O3.ClH/c4-3(5)6-9-1-2(7)8;/h1H2,(H,7,8)(H4,4,5,6);1H. The predicted octanol–water partition coefficient (Wildman–Crippen LogP) is -1.30. The Labute approximate surface area is 63.2 Å². The van der Waals surface area contributed by atoms with Gasteiger partial charge in [-0.15, -0.1) is 12.4 Å². The number of halogens is 1. The van der Waals surface area contributed by atoms with Crippen molar-refractivity contribution in [3.05, 3.63) is 0 Å². The second-order valence-corrected chi connectivity index (χ2v) is 1.18. The first-order valence-corrected chi connectivity index (χ1v) is 2.05. The van der Waals surface area contributed by atoms with Crippen LogP contribution in [0.4, 0.5) is 0 Å². The average molecular weight is 170 g/mol. The Bertz CT molecular complexity index is 133. The lowest BCUT2D eigenvalue weighted by Crippen LogP contribution is -2.23. The summed E-state index contributed by atoms with van der Waals surface area (Å²) in [6.45, 7) is -0.530. The van der Waals surface area contributed by atoms with Crippen molar-refractivity contribution >= 4 is 24.3 Å². The van der Waals surface area contributed by atoms with Crippen molar-refractivity contribution in [1.29, 1.82) is 0 Å². The molecule has 0 heterocycles. The number of hydrogen-bond acceptors (Lipinski definition) is 3. The number of guanidine groups is 1. The Balaban J connectivity index is 0. The molecule has 0 aromatic heterocycles. The fraction of sp³-hybridized carbons (Fsp3) is 0.333. The van der Waals surface area contributed by atoms with Gasteiger partial charge in [0.05, 0.1) is 0 Å². The largest absolute Gasteiger partial charge is 0.479 e. The first kappa shape index (κ1) is 11.6. The number of carboxylic acids is 1. The summed E-state index contributed by atoms with van der Waals surface area (Å²) < 4.78 is 0. The van der Waals surface area contributed by atoms with Crippen molar-refractivity contribution < 1.29 is 14.7 Å². The monoisotopic (exact) mass is 169 g/mol. The maximum atomic E-state index is 9.70. The summed E-state index contributed by atoms with van der Waals surface area (Å²) in [7, 11) is 0. The van der Waals surface area contributed by atoms with E-state index in [0.717, 1.165) is 0 Å². The van der Waals surface area contributed by atoms with Crippen molar-refractivity contribution in [2.24, 2.45) is 16.6 Å². The quantitative estimate of drug-likeness (QED) is 0.276. The summed E-state index contributed by atoms with van der Waals surface area (Å²) in [6.07, 6.45) is 0. The van der Waals surface area contributed by atoms with Gasteiger partial charge in [-0.25, -0.2) is 4.79 Å². The lowest BCUT2D eigenvalue weighted by Gasteiger charge is -1.91. The predicted molar refractivity (Wildman–Crippen MR) is 36.6 cm³/mol. The highest BCUT2D eigenvalue weighted by molar-refractivity contribution is 5.85. The molecule has 0 fully saturated rings. The molecule has 10 heavy (non-hydrogen) atoms. The number of hydrogen-bond donors (Lipinski definition) is 3. The van der Waals surface area contributed by atoms with Crippen LogP contribution < -0.4 is 11.5 Å². The molecule has 0 saturated carbocycles. The molecule has 0 amide bonds. The van der Waals surface area contributed by atoms with E-state index in [2.05, 4.69) is 9.99 Å². The van der Waals surface area contributed by atoms with Gasteiger partial charge >= 0.3 is 5.97 Å². The number of oxime groups is 1. The van der Waals surface area contributed by atoms with Gasteiger partial charge in [-0.1, -0.05) is 0 Å². The van der Waals surface area contributed by atoms with Crippen LogP contribution in [0.25, 0.3) is 0 Å². The fourth-order valence-corrected chi connectivity index (χ4v) is 0.162. The molecular weight excluding hydrogens is 162 g/mol. The Morgan fingerprint density at radius 1 is 1.60 bits per heavy atom. The summed E-state index contributed by atoms with van der Waals surface area (Å²) in [5, 5.41) is 10.9. The zero-order valence-corrected chi connectivity index (χ0v) is 5.80. The fourth-order valence-electron chi connectivity index (χ4n) is 0.162. The molecule has 0 aliphatic carbocycles. The van der Waals surface area contributed by atoms with Crippen LogP contribution in [-0.4, -0.2) is 23.6 Å². The summed E-state index contributed by atoms with van der Waals surface area (Å²) in [4.78, 5) is 13.8. The van der Waals surface area contributed by atoms with Crippen LogP contribution in [0.2, 0.25) is 0 Å². The molecule has 0 aliphatic heterocycles. The van der Waals surface area contributed by atoms with Crippen LogP contribution in [-0.2, 0) is 9.63 Å². The van der Waals surface area contributed by atoms with E-state index in [4.69, 9.17) is 16.6 Å². The maximum absolute atomic E-state index is 9.70. The minimum atomic E-state index is -1.12. The molecule has 0 aromatic carbocycles. The number of carbonyl (C=O) groups is 1. The third kappa shape index (κ3) is 9.95. The topological polar surface area (TPSA) is 111 Å². The van der Waals surface area contributed by atoms with Crippen LogP contribution in [0.1, 0.15) is 0 Å². The van der Waals surface area contributed by atoms with Crippen molar-refractivity contribution in [1.82, 2.24) is 0 Å². The van der Waals surface area contributed by atoms with Crippen LogP contribution in [0, 0.1) is 0 Å². The first-order chi connectivity index (χ1) is 4.13. The van der Waals surface area contributed by atoms with Gasteiger partial charge in [0, 0.05) is 0 Å². The molecule has 6 nitrogen and oxygen atoms in total. The van der Waals surface area contributed by atoms with E-state index < -0.39 is 12.6 Å². The molecule has 0 rings (SSSR count). The third-order valence-corrected chi connectivity index (χ3v) is 0.358. The van der Waals surface area contributed by atoms with Gasteiger partial charge < -0.3 is 21.4 Å². The molecule has 0 bridgehead atoms. The second kappa shape index (κ2) is 5.96. The lowest BCUT2D eigenvalue weighted by atomic mass is 10.8. The summed E-state index contributed by atoms with van der Waals surface area (Å²) in [5.41, 5.74) is 9.58. The number of aliphatic carboxylic acids is 1. The van der Waals surface area contributed by atoms with Crippen LogP contribution in [0.15, 0.2) is 5.16 Å². The number of carboxylic acid groups (broad SMARTS) is 1. The van der Waals surface area contributed by atoms with Gasteiger partial charge in [-0.2, -0.15) is 0 Å². The van der Waals surface area contributed by atoms with E-state index in [1.165, 1.54) is 0 Å². The summed E-state index contributed by atoms with van der Waals surface area (Å²) in [6, 6.07) is 0. The van der Waals surface area contributed by atoms with Crippen molar-refractivity contribution in [2.45, 2.75) is 0 Å². The molecule has 0 unspecified atom stereocenters. The van der Waals surface area contributed by atoms with E-state index in [9.17, 15) is 4.79 Å². The highest BCUT2D eigenvalue weighted by Gasteiger charge is 1.93. The average Bonchev–Trinajstić information content (AvgIpc) is 1.63. The minimum Gasteiger partial charge on any atom is -0.479 e. The molecular formula is C3H8ClN3O3. The summed E-state index contributed by atoms with van der Waals surface area (Å²) >= 11 is 0. The zero-order chi connectivity index (χ0) is 7.28. The van der Waals surface area contributed by atoms with Crippen molar-refractivity contribution in [2.75, 3.05) is 6.61 Å². The third-order valence-electron chi connectivity index (χ3n) is 0.358. The Hall–Kier alpha value is -1.17. The van der Waals surface area contributed by atoms with Crippen molar-refractivity contribution in [3.63, 3.8) is 0 Å². The Morgan fingerprint density at radius 2 is 2.10 bits per heavy atom. The maximum Gasteiger partial charge on any atom is 0.344 e. The van der Waals surface area contributed by atoms with E-state index in [-0.39, 0.29) is 18.4 Å². The van der Waals surface area contributed by atoms with Gasteiger partial charge in [-0.05, 0) is 5.16 Å². The number of rotatable bonds is 3. The van der Waals surface area contributed by atoms with Gasteiger partial charge in [-0.3, -0.25) is 0 Å². The summed E-state index contributed by atoms with van der Waals surface area (Å²) in [5.74, 6) is -1.42. The lowest BCUT2D eigenvalue weighted by molar-refractivity contribution is -0.142. The van der Waals surface area contributed by atoms with Crippen LogP contribution in [0.3, 0.4) is 0 Å². The molecule has 0 atom stereocenters. The zero-order valence-electron chi connectivity index (χ0n) is 4.98. The Morgan fingerprint density at radius 3 is 2.40 bits per heavy atom. The smallest absolute Gasteiger partial charge is 0.344 e. The van der Waals surface area contributed by atoms with Gasteiger partial charge in [0.1, 0.15) is 0 Å². The molecule has 7 heteroatoms. The molecule has 0 saturated heterocycles. The Kier molecular flexibility index (Phi) is 6.91. The number of nitrogens with two attached hydrogens (primary N) is 2. The van der Waals surface area contributed by atoms with E-state index in [1.54, 1.807) is 0 Å². The van der Waals surface area contributed by atoms with Gasteiger partial charge in [0.2, 0.25) is 12.6 Å². The molecule has 0 aliphatic rings. The first-order valence-electron chi connectivity index (χ1n) is 2.05. The number of nitrogens with zero attached hydrogens (tertiary/aromatic N) is 1. The molecule has 0 radical (unpaired) electrons. The van der Waals surface area contributed by atoms with E-state index in [0.29, 0.717) is 0 Å². The van der Waals surface area contributed by atoms with Crippen molar-refractivity contribution in [3.8, 4) is 0 Å². The molecule has 60 valence electrons. The second-order valence-electron chi connectivity index (χ2n) is 1.18. The molecule has 5 N–H and O–H groups in total. The highest BCUT2D eigenvalue weighted by Crippen LogP contribution is 1.72. The van der Waals surface area contributed by atoms with Crippen LogP contribution >= 0.6 is 12.4 Å².